The van der Waals surface area contributed by atoms with Crippen LogP contribution in [0.5, 0.6) is 0 Å². The highest BCUT2D eigenvalue weighted by Gasteiger charge is 2.31. The lowest BCUT2D eigenvalue weighted by Gasteiger charge is -2.33. The van der Waals surface area contributed by atoms with Crippen molar-refractivity contribution < 1.29 is 13.2 Å². The Morgan fingerprint density at radius 1 is 1.09 bits per heavy atom. The number of rotatable bonds is 6. The fraction of sp³-hybridized carbons (Fsp3) is 0.400. The number of aromatic nitrogens is 2. The smallest absolute Gasteiger partial charge is 0.330 e. The zero-order valence-corrected chi connectivity index (χ0v) is 20.9. The number of sulfonamides is 1. The van der Waals surface area contributed by atoms with Crippen LogP contribution in [0.4, 0.5) is 0 Å². The normalized spacial score (nSPS) is 17.5. The minimum atomic E-state index is -4.15. The lowest BCUT2D eigenvalue weighted by molar-refractivity contribution is -0.134. The molecule has 35 heavy (non-hydrogen) atoms. The number of fused-ring (bicyclic) bond motifs is 1. The molecule has 1 saturated heterocycles. The Balaban J connectivity index is 1.71. The first-order valence-corrected chi connectivity index (χ1v) is 13.1. The SMILES string of the molecule is C[C@H]1CCCN(C(=O)[C@H](Cc2ccccc2)NS(=O)(=O)c2ccc3c(c2)c(=O)n(C)c(=O)n3C)C1. The van der Waals surface area contributed by atoms with Crippen LogP contribution in [0.25, 0.3) is 10.9 Å². The van der Waals surface area contributed by atoms with Gasteiger partial charge in [0.15, 0.2) is 0 Å². The fourth-order valence-corrected chi connectivity index (χ4v) is 5.85. The predicted molar refractivity (Wildman–Crippen MR) is 134 cm³/mol. The number of likely N-dealkylation sites (tertiary alicyclic amines) is 1. The first-order valence-electron chi connectivity index (χ1n) is 11.6. The van der Waals surface area contributed by atoms with Crippen LogP contribution in [0.15, 0.2) is 63.0 Å². The predicted octanol–water partition coefficient (Wildman–Crippen LogP) is 1.39. The second-order valence-corrected chi connectivity index (χ2v) is 11.0. The summed E-state index contributed by atoms with van der Waals surface area (Å²) in [5, 5.41) is 0.105. The summed E-state index contributed by atoms with van der Waals surface area (Å²) in [6, 6.07) is 12.3. The van der Waals surface area contributed by atoms with E-state index in [0.29, 0.717) is 24.5 Å². The summed E-state index contributed by atoms with van der Waals surface area (Å²) < 4.78 is 31.7. The van der Waals surface area contributed by atoms with E-state index >= 15 is 0 Å². The molecule has 2 aromatic carbocycles. The number of nitrogens with zero attached hydrogens (tertiary/aromatic N) is 3. The highest BCUT2D eigenvalue weighted by Crippen LogP contribution is 2.20. The van der Waals surface area contributed by atoms with Gasteiger partial charge in [-0.3, -0.25) is 18.7 Å². The Kier molecular flexibility index (Phi) is 6.95. The van der Waals surface area contributed by atoms with Gasteiger partial charge in [0.2, 0.25) is 15.9 Å². The molecule has 4 rings (SSSR count). The molecule has 3 aromatic rings. The molecule has 1 amide bonds. The van der Waals surface area contributed by atoms with Gasteiger partial charge in [-0.1, -0.05) is 37.3 Å². The highest BCUT2D eigenvalue weighted by molar-refractivity contribution is 7.89. The second kappa shape index (κ2) is 9.79. The minimum absolute atomic E-state index is 0.105. The van der Waals surface area contributed by atoms with E-state index in [4.69, 9.17) is 0 Å². The maximum absolute atomic E-state index is 13.5. The Labute approximate surface area is 204 Å². The van der Waals surface area contributed by atoms with Gasteiger partial charge in [0.1, 0.15) is 6.04 Å². The number of hydrogen-bond donors (Lipinski definition) is 1. The highest BCUT2D eigenvalue weighted by atomic mass is 32.2. The molecule has 10 heteroatoms. The minimum Gasteiger partial charge on any atom is -0.341 e. The van der Waals surface area contributed by atoms with Crippen molar-refractivity contribution in [3.05, 3.63) is 74.9 Å². The molecule has 0 radical (unpaired) electrons. The number of hydrogen-bond acceptors (Lipinski definition) is 5. The summed E-state index contributed by atoms with van der Waals surface area (Å²) in [6.45, 7) is 3.26. The molecule has 9 nitrogen and oxygen atoms in total. The van der Waals surface area contributed by atoms with Gasteiger partial charge in [-0.25, -0.2) is 13.2 Å². The van der Waals surface area contributed by atoms with E-state index in [1.165, 1.54) is 36.9 Å². The molecule has 0 unspecified atom stereocenters. The molecule has 2 atom stereocenters. The number of carbonyl (C=O) groups is 1. The van der Waals surface area contributed by atoms with Gasteiger partial charge >= 0.3 is 5.69 Å². The van der Waals surface area contributed by atoms with Gasteiger partial charge in [-0.2, -0.15) is 4.72 Å². The van der Waals surface area contributed by atoms with Crippen LogP contribution < -0.4 is 16.0 Å². The van der Waals surface area contributed by atoms with E-state index in [0.717, 1.165) is 23.0 Å². The van der Waals surface area contributed by atoms with Crippen molar-refractivity contribution in [2.45, 2.75) is 37.1 Å². The quantitative estimate of drug-likeness (QED) is 0.552. The monoisotopic (exact) mass is 498 g/mol. The van der Waals surface area contributed by atoms with Crippen LogP contribution in [0.1, 0.15) is 25.3 Å². The maximum atomic E-state index is 13.5. The fourth-order valence-electron chi connectivity index (χ4n) is 4.64. The Morgan fingerprint density at radius 2 is 1.80 bits per heavy atom. The van der Waals surface area contributed by atoms with Crippen LogP contribution in [-0.2, 0) is 35.3 Å². The topological polar surface area (TPSA) is 110 Å². The number of amides is 1. The average molecular weight is 499 g/mol. The van der Waals surface area contributed by atoms with Gasteiger partial charge in [-0.05, 0) is 48.9 Å². The lowest BCUT2D eigenvalue weighted by atomic mass is 9.98. The molecule has 0 aliphatic carbocycles. The number of piperidine rings is 1. The Bertz CT molecular complexity index is 1480. The molecule has 0 spiro atoms. The van der Waals surface area contributed by atoms with Crippen molar-refractivity contribution >= 4 is 26.8 Å². The van der Waals surface area contributed by atoms with Gasteiger partial charge in [0, 0.05) is 27.2 Å². The third kappa shape index (κ3) is 5.08. The molecule has 1 aromatic heterocycles. The summed E-state index contributed by atoms with van der Waals surface area (Å²) in [4.78, 5) is 39.9. The molecular formula is C25H30N4O5S. The zero-order valence-electron chi connectivity index (χ0n) is 20.1. The van der Waals surface area contributed by atoms with Gasteiger partial charge in [-0.15, -0.1) is 0 Å². The first-order chi connectivity index (χ1) is 16.6. The van der Waals surface area contributed by atoms with E-state index in [1.54, 1.807) is 4.90 Å². The number of benzene rings is 2. The average Bonchev–Trinajstić information content (AvgIpc) is 2.85. The number of carbonyl (C=O) groups excluding carboxylic acids is 1. The van der Waals surface area contributed by atoms with Crippen LogP contribution in [0, 0.1) is 5.92 Å². The van der Waals surface area contributed by atoms with E-state index in [-0.39, 0.29) is 22.6 Å². The second-order valence-electron chi connectivity index (χ2n) is 9.28. The molecular weight excluding hydrogens is 468 g/mol. The van der Waals surface area contributed by atoms with Gasteiger partial charge in [0.05, 0.1) is 15.8 Å². The molecule has 1 aliphatic rings. The summed E-state index contributed by atoms with van der Waals surface area (Å²) in [6.07, 6.45) is 2.12. The summed E-state index contributed by atoms with van der Waals surface area (Å²) >= 11 is 0. The molecule has 0 saturated carbocycles. The zero-order chi connectivity index (χ0) is 25.3. The maximum Gasteiger partial charge on any atom is 0.330 e. The summed E-state index contributed by atoms with van der Waals surface area (Å²) in [7, 11) is -1.29. The van der Waals surface area contributed by atoms with Gasteiger partial charge < -0.3 is 4.90 Å². The van der Waals surface area contributed by atoms with Crippen molar-refractivity contribution in [3.63, 3.8) is 0 Å². The lowest BCUT2D eigenvalue weighted by Crippen LogP contribution is -2.52. The van der Waals surface area contributed by atoms with Crippen molar-refractivity contribution in [1.29, 1.82) is 0 Å². The summed E-state index contributed by atoms with van der Waals surface area (Å²) in [5.74, 6) is 0.0908. The van der Waals surface area contributed by atoms with Crippen LogP contribution in [0.3, 0.4) is 0 Å². The molecule has 186 valence electrons. The molecule has 1 N–H and O–H groups in total. The molecule has 1 fully saturated rings. The first kappa shape index (κ1) is 24.9. The van der Waals surface area contributed by atoms with E-state index in [9.17, 15) is 22.8 Å². The third-order valence-electron chi connectivity index (χ3n) is 6.60. The standard InChI is InChI=1S/C25H30N4O5S/c1-17-8-7-13-29(16-17)24(31)21(14-18-9-5-4-6-10-18)26-35(33,34)19-11-12-22-20(15-19)23(30)28(3)25(32)27(22)2/h4-6,9-12,15,17,21,26H,7-8,13-14,16H2,1-3H3/t17-,21-/m0/s1. The Hall–Kier alpha value is -3.24. The molecule has 0 bridgehead atoms. The summed E-state index contributed by atoms with van der Waals surface area (Å²) in [5.41, 5.74) is 0.0807. The third-order valence-corrected chi connectivity index (χ3v) is 8.06. The molecule has 2 heterocycles. The van der Waals surface area contributed by atoms with Crippen LogP contribution in [0.2, 0.25) is 0 Å². The van der Waals surface area contributed by atoms with Crippen molar-refractivity contribution in [2.75, 3.05) is 13.1 Å². The van der Waals surface area contributed by atoms with E-state index in [1.807, 2.05) is 30.3 Å². The van der Waals surface area contributed by atoms with Crippen molar-refractivity contribution in [3.8, 4) is 0 Å². The largest absolute Gasteiger partial charge is 0.341 e. The number of nitrogens with one attached hydrogen (secondary N) is 1. The molecule has 1 aliphatic heterocycles. The number of aryl methyl sites for hydroxylation is 1. The van der Waals surface area contributed by atoms with Crippen LogP contribution >= 0.6 is 0 Å². The Morgan fingerprint density at radius 3 is 2.49 bits per heavy atom. The van der Waals surface area contributed by atoms with E-state index in [2.05, 4.69) is 11.6 Å². The van der Waals surface area contributed by atoms with Crippen molar-refractivity contribution in [2.24, 2.45) is 20.0 Å². The van der Waals surface area contributed by atoms with E-state index < -0.39 is 27.3 Å². The van der Waals surface area contributed by atoms with Crippen molar-refractivity contribution in [1.82, 2.24) is 18.8 Å². The van der Waals surface area contributed by atoms with Gasteiger partial charge in [0.25, 0.3) is 5.56 Å². The van der Waals surface area contributed by atoms with Crippen LogP contribution in [-0.4, -0.2) is 47.5 Å².